The van der Waals surface area contributed by atoms with Gasteiger partial charge in [0.25, 0.3) is 5.56 Å². The van der Waals surface area contributed by atoms with E-state index in [1.54, 1.807) is 6.07 Å². The fourth-order valence-electron chi connectivity index (χ4n) is 4.21. The van der Waals surface area contributed by atoms with Gasteiger partial charge >= 0.3 is 0 Å². The van der Waals surface area contributed by atoms with Gasteiger partial charge in [0.2, 0.25) is 0 Å². The summed E-state index contributed by atoms with van der Waals surface area (Å²) in [6, 6.07) is 9.22. The maximum Gasteiger partial charge on any atom is 0.258 e. The largest absolute Gasteiger partial charge is 0.376 e. The van der Waals surface area contributed by atoms with Crippen molar-refractivity contribution in [1.82, 2.24) is 19.4 Å². The second-order valence-corrected chi connectivity index (χ2v) is 8.16. The van der Waals surface area contributed by atoms with Gasteiger partial charge in [0, 0.05) is 30.1 Å². The van der Waals surface area contributed by atoms with E-state index in [0.29, 0.717) is 23.3 Å². The van der Waals surface area contributed by atoms with Crippen molar-refractivity contribution in [2.24, 2.45) is 0 Å². The molecule has 0 aliphatic carbocycles. The monoisotopic (exact) mass is 408 g/mol. The van der Waals surface area contributed by atoms with Gasteiger partial charge in [-0.2, -0.15) is 0 Å². The molecule has 1 N–H and O–H groups in total. The van der Waals surface area contributed by atoms with E-state index in [9.17, 15) is 9.59 Å². The van der Waals surface area contributed by atoms with Crippen molar-refractivity contribution < 1.29 is 9.53 Å². The van der Waals surface area contributed by atoms with Gasteiger partial charge in [-0.25, -0.2) is 4.98 Å². The number of nitrogens with zero attached hydrogens (tertiary/aromatic N) is 3. The van der Waals surface area contributed by atoms with Crippen molar-refractivity contribution in [3.05, 3.63) is 63.5 Å². The first-order valence-electron chi connectivity index (χ1n) is 10.4. The third-order valence-corrected chi connectivity index (χ3v) is 5.78. The summed E-state index contributed by atoms with van der Waals surface area (Å²) in [4.78, 5) is 34.4. The van der Waals surface area contributed by atoms with Crippen molar-refractivity contribution in [2.45, 2.75) is 45.9 Å². The Balaban J connectivity index is 1.45. The van der Waals surface area contributed by atoms with Gasteiger partial charge in [-0.1, -0.05) is 12.1 Å². The molecule has 4 rings (SSSR count). The molecule has 1 fully saturated rings. The summed E-state index contributed by atoms with van der Waals surface area (Å²) in [7, 11) is 1.86. The van der Waals surface area contributed by atoms with E-state index >= 15 is 0 Å². The van der Waals surface area contributed by atoms with Crippen molar-refractivity contribution >= 4 is 16.7 Å². The fraction of sp³-hybridized carbons (Fsp3) is 0.435. The van der Waals surface area contributed by atoms with E-state index < -0.39 is 0 Å². The van der Waals surface area contributed by atoms with Crippen molar-refractivity contribution in [2.75, 3.05) is 20.2 Å². The third kappa shape index (κ3) is 4.22. The molecule has 1 aromatic carbocycles. The zero-order valence-corrected chi connectivity index (χ0v) is 17.8. The van der Waals surface area contributed by atoms with Crippen LogP contribution in [0.3, 0.4) is 0 Å². The topological polar surface area (TPSA) is 80.2 Å². The summed E-state index contributed by atoms with van der Waals surface area (Å²) in [5, 5.41) is 0.568. The molecule has 30 heavy (non-hydrogen) atoms. The van der Waals surface area contributed by atoms with Gasteiger partial charge in [-0.3, -0.25) is 14.5 Å². The SMILES string of the molecule is Cc1cc(C(=O)CN(C)Cc2nc3ccccc3c(=O)[nH]2)c(C)n1C[C@@H]1CCCO1. The molecule has 0 bridgehead atoms. The van der Waals surface area contributed by atoms with Crippen LogP contribution >= 0.6 is 0 Å². The molecule has 7 nitrogen and oxygen atoms in total. The summed E-state index contributed by atoms with van der Waals surface area (Å²) < 4.78 is 7.94. The molecule has 1 aliphatic heterocycles. The Bertz CT molecular complexity index is 1130. The first-order valence-corrected chi connectivity index (χ1v) is 10.4. The number of aromatic nitrogens is 3. The quantitative estimate of drug-likeness (QED) is 0.608. The first-order chi connectivity index (χ1) is 14.4. The molecule has 0 saturated carbocycles. The zero-order valence-electron chi connectivity index (χ0n) is 17.8. The molecule has 7 heteroatoms. The highest BCUT2D eigenvalue weighted by atomic mass is 16.5. The molecule has 1 saturated heterocycles. The number of aromatic amines is 1. The summed E-state index contributed by atoms with van der Waals surface area (Å²) in [5.74, 6) is 0.616. The number of rotatable bonds is 7. The minimum Gasteiger partial charge on any atom is -0.376 e. The van der Waals surface area contributed by atoms with Crippen LogP contribution in [0.1, 0.15) is 40.4 Å². The molecule has 1 aliphatic rings. The van der Waals surface area contributed by atoms with Gasteiger partial charge in [0.1, 0.15) is 5.82 Å². The highest BCUT2D eigenvalue weighted by Gasteiger charge is 2.21. The lowest BCUT2D eigenvalue weighted by Gasteiger charge is -2.16. The number of carbonyl (C=O) groups is 1. The first kappa shape index (κ1) is 20.5. The fourth-order valence-corrected chi connectivity index (χ4v) is 4.21. The van der Waals surface area contributed by atoms with Gasteiger partial charge < -0.3 is 14.3 Å². The van der Waals surface area contributed by atoms with E-state index in [2.05, 4.69) is 14.5 Å². The number of carbonyl (C=O) groups excluding carboxylic acids is 1. The molecule has 3 aromatic rings. The summed E-state index contributed by atoms with van der Waals surface area (Å²) >= 11 is 0. The average molecular weight is 409 g/mol. The Morgan fingerprint density at radius 1 is 1.33 bits per heavy atom. The molecule has 0 spiro atoms. The second kappa shape index (κ2) is 8.53. The minimum absolute atomic E-state index is 0.0623. The van der Waals surface area contributed by atoms with Crippen LogP contribution in [0.25, 0.3) is 10.9 Å². The Labute approximate surface area is 175 Å². The van der Waals surface area contributed by atoms with E-state index in [-0.39, 0.29) is 24.0 Å². The number of para-hydroxylation sites is 1. The molecule has 2 aromatic heterocycles. The van der Waals surface area contributed by atoms with Crippen molar-refractivity contribution in [1.29, 1.82) is 0 Å². The van der Waals surface area contributed by atoms with Crippen LogP contribution < -0.4 is 5.56 Å². The number of ketones is 1. The number of nitrogens with one attached hydrogen (secondary N) is 1. The van der Waals surface area contributed by atoms with Crippen molar-refractivity contribution in [3.63, 3.8) is 0 Å². The van der Waals surface area contributed by atoms with Crippen LogP contribution in [0.2, 0.25) is 0 Å². The second-order valence-electron chi connectivity index (χ2n) is 8.16. The van der Waals surface area contributed by atoms with Crippen LogP contribution in [0, 0.1) is 13.8 Å². The number of H-pyrrole nitrogens is 1. The maximum atomic E-state index is 13.0. The number of benzene rings is 1. The van der Waals surface area contributed by atoms with E-state index in [1.807, 2.05) is 50.1 Å². The zero-order chi connectivity index (χ0) is 21.3. The highest BCUT2D eigenvalue weighted by molar-refractivity contribution is 5.99. The highest BCUT2D eigenvalue weighted by Crippen LogP contribution is 2.21. The summed E-state index contributed by atoms with van der Waals surface area (Å²) in [6.45, 7) is 6.29. The van der Waals surface area contributed by atoms with Crippen LogP contribution in [-0.2, 0) is 17.8 Å². The number of ether oxygens (including phenoxy) is 1. The predicted molar refractivity (Wildman–Crippen MR) is 116 cm³/mol. The number of hydrogen-bond donors (Lipinski definition) is 1. The summed E-state index contributed by atoms with van der Waals surface area (Å²) in [6.07, 6.45) is 2.40. The molecule has 158 valence electrons. The number of Topliss-reactive ketones (excluding diaryl/α,β-unsaturated/α-hetero) is 1. The van der Waals surface area contributed by atoms with E-state index in [1.165, 1.54) is 0 Å². The Morgan fingerprint density at radius 2 is 2.13 bits per heavy atom. The standard InChI is InChI=1S/C23H28N4O3/c1-15-11-19(16(2)27(15)12-17-7-6-10-30-17)21(28)13-26(3)14-22-24-20-9-5-4-8-18(20)23(29)25-22/h4-5,8-9,11,17H,6-7,10,12-14H2,1-3H3,(H,24,25,29)/t17-/m0/s1. The maximum absolute atomic E-state index is 13.0. The minimum atomic E-state index is -0.159. The smallest absolute Gasteiger partial charge is 0.258 e. The van der Waals surface area contributed by atoms with Gasteiger partial charge in [-0.05, 0) is 51.9 Å². The number of likely N-dealkylation sites (N-methyl/N-ethyl adjacent to an activating group) is 1. The summed E-state index contributed by atoms with van der Waals surface area (Å²) in [5.41, 5.74) is 3.31. The third-order valence-electron chi connectivity index (χ3n) is 5.78. The predicted octanol–water partition coefficient (Wildman–Crippen LogP) is 2.84. The van der Waals surface area contributed by atoms with Crippen LogP contribution in [0.4, 0.5) is 0 Å². The Morgan fingerprint density at radius 3 is 2.90 bits per heavy atom. The molecule has 0 unspecified atom stereocenters. The van der Waals surface area contributed by atoms with Crippen LogP contribution in [0.15, 0.2) is 35.1 Å². The molecule has 0 radical (unpaired) electrons. The molecular formula is C23H28N4O3. The molecule has 0 amide bonds. The Kier molecular flexibility index (Phi) is 5.83. The van der Waals surface area contributed by atoms with Crippen molar-refractivity contribution in [3.8, 4) is 0 Å². The number of hydrogen-bond acceptors (Lipinski definition) is 5. The Hall–Kier alpha value is -2.77. The van der Waals surface area contributed by atoms with E-state index in [0.717, 1.165) is 42.9 Å². The number of fused-ring (bicyclic) bond motifs is 1. The number of aryl methyl sites for hydroxylation is 1. The van der Waals surface area contributed by atoms with E-state index in [4.69, 9.17) is 4.74 Å². The average Bonchev–Trinajstić information content (AvgIpc) is 3.31. The molecule has 3 heterocycles. The van der Waals surface area contributed by atoms with Gasteiger partial charge in [-0.15, -0.1) is 0 Å². The lowest BCUT2D eigenvalue weighted by atomic mass is 10.1. The normalized spacial score (nSPS) is 16.6. The molecular weight excluding hydrogens is 380 g/mol. The lowest BCUT2D eigenvalue weighted by molar-refractivity contribution is 0.0931. The molecule has 1 atom stereocenters. The van der Waals surface area contributed by atoms with Crippen LogP contribution in [0.5, 0.6) is 0 Å². The van der Waals surface area contributed by atoms with Gasteiger partial charge in [0.15, 0.2) is 5.78 Å². The lowest BCUT2D eigenvalue weighted by Crippen LogP contribution is -2.28. The van der Waals surface area contributed by atoms with Gasteiger partial charge in [0.05, 0.1) is 30.1 Å². The van der Waals surface area contributed by atoms with Crippen LogP contribution in [-0.4, -0.2) is 51.5 Å².